The van der Waals surface area contributed by atoms with E-state index < -0.39 is 6.61 Å². The van der Waals surface area contributed by atoms with E-state index in [2.05, 4.69) is 20.5 Å². The highest BCUT2D eigenvalue weighted by Gasteiger charge is 2.09. The van der Waals surface area contributed by atoms with Gasteiger partial charge < -0.3 is 15.5 Å². The van der Waals surface area contributed by atoms with Crippen molar-refractivity contribution in [3.05, 3.63) is 42.6 Å². The van der Waals surface area contributed by atoms with Crippen LogP contribution in [0.1, 0.15) is 0 Å². The highest BCUT2D eigenvalue weighted by atomic mass is 19.3. The van der Waals surface area contributed by atoms with E-state index in [-0.39, 0.29) is 5.75 Å². The number of nitrogen functional groups attached to an aromatic ring is 1. The molecule has 0 bridgehead atoms. The van der Waals surface area contributed by atoms with E-state index in [4.69, 9.17) is 5.84 Å². The number of halogens is 2. The molecule has 100 valence electrons. The Balaban J connectivity index is 2.22. The van der Waals surface area contributed by atoms with Crippen LogP contribution in [0.4, 0.5) is 26.0 Å². The number of nitrogens with one attached hydrogen (secondary N) is 2. The van der Waals surface area contributed by atoms with Crippen molar-refractivity contribution in [2.75, 3.05) is 10.7 Å². The first-order valence-corrected chi connectivity index (χ1v) is 5.42. The molecule has 2 rings (SSSR count). The summed E-state index contributed by atoms with van der Waals surface area (Å²) < 4.78 is 29.0. The minimum absolute atomic E-state index is 0.0663. The van der Waals surface area contributed by atoms with Gasteiger partial charge in [-0.05, 0) is 18.2 Å². The second-order valence-corrected chi connectivity index (χ2v) is 3.57. The molecule has 4 N–H and O–H groups in total. The molecule has 0 spiro atoms. The maximum atomic E-state index is 12.3. The van der Waals surface area contributed by atoms with Crippen LogP contribution in [-0.4, -0.2) is 11.6 Å². The highest BCUT2D eigenvalue weighted by molar-refractivity contribution is 5.67. The minimum Gasteiger partial charge on any atom is -0.433 e. The third-order valence-electron chi connectivity index (χ3n) is 2.29. The summed E-state index contributed by atoms with van der Waals surface area (Å²) in [6, 6.07) is 9.73. The van der Waals surface area contributed by atoms with Crippen molar-refractivity contribution in [1.29, 1.82) is 0 Å². The van der Waals surface area contributed by atoms with Crippen molar-refractivity contribution >= 4 is 17.2 Å². The molecule has 0 radical (unpaired) electrons. The van der Waals surface area contributed by atoms with Crippen LogP contribution in [0.3, 0.4) is 0 Å². The SMILES string of the molecule is NNc1cc(Nc2ccccc2OC(F)F)ccn1. The topological polar surface area (TPSA) is 72.2 Å². The first kappa shape index (κ1) is 13.0. The van der Waals surface area contributed by atoms with Crippen molar-refractivity contribution in [3.8, 4) is 5.75 Å². The van der Waals surface area contributed by atoms with E-state index in [1.165, 1.54) is 12.3 Å². The number of rotatable bonds is 5. The number of pyridine rings is 1. The molecular formula is C12H12F2N4O. The molecule has 0 saturated carbocycles. The van der Waals surface area contributed by atoms with Crippen LogP contribution in [0.2, 0.25) is 0 Å². The first-order chi connectivity index (χ1) is 9.19. The van der Waals surface area contributed by atoms with Crippen LogP contribution in [0.25, 0.3) is 0 Å². The molecular weight excluding hydrogens is 254 g/mol. The van der Waals surface area contributed by atoms with Gasteiger partial charge in [-0.3, -0.25) is 0 Å². The van der Waals surface area contributed by atoms with Gasteiger partial charge in [0.2, 0.25) is 0 Å². The van der Waals surface area contributed by atoms with Gasteiger partial charge >= 0.3 is 6.61 Å². The molecule has 0 aliphatic heterocycles. The molecule has 0 aliphatic carbocycles. The summed E-state index contributed by atoms with van der Waals surface area (Å²) in [7, 11) is 0. The first-order valence-electron chi connectivity index (χ1n) is 5.42. The number of alkyl halides is 2. The van der Waals surface area contributed by atoms with Gasteiger partial charge in [0, 0.05) is 18.0 Å². The van der Waals surface area contributed by atoms with Gasteiger partial charge in [-0.1, -0.05) is 12.1 Å². The maximum absolute atomic E-state index is 12.3. The normalized spacial score (nSPS) is 10.3. The van der Waals surface area contributed by atoms with Crippen molar-refractivity contribution in [3.63, 3.8) is 0 Å². The lowest BCUT2D eigenvalue weighted by molar-refractivity contribution is -0.0493. The number of hydrogen-bond donors (Lipinski definition) is 3. The third kappa shape index (κ3) is 3.52. The van der Waals surface area contributed by atoms with E-state index in [0.717, 1.165) is 0 Å². The van der Waals surface area contributed by atoms with Crippen molar-refractivity contribution in [1.82, 2.24) is 4.98 Å². The van der Waals surface area contributed by atoms with Gasteiger partial charge in [-0.25, -0.2) is 10.8 Å². The van der Waals surface area contributed by atoms with Gasteiger partial charge in [0.15, 0.2) is 0 Å². The van der Waals surface area contributed by atoms with Crippen LogP contribution in [0, 0.1) is 0 Å². The molecule has 7 heteroatoms. The van der Waals surface area contributed by atoms with E-state index in [1.807, 2.05) is 0 Å². The summed E-state index contributed by atoms with van der Waals surface area (Å²) in [6.07, 6.45) is 1.54. The van der Waals surface area contributed by atoms with E-state index >= 15 is 0 Å². The second-order valence-electron chi connectivity index (χ2n) is 3.57. The summed E-state index contributed by atoms with van der Waals surface area (Å²) in [4.78, 5) is 3.94. The molecule has 0 atom stereocenters. The number of hydrogen-bond acceptors (Lipinski definition) is 5. The molecule has 1 heterocycles. The number of aromatic nitrogens is 1. The summed E-state index contributed by atoms with van der Waals surface area (Å²) in [5.41, 5.74) is 3.47. The molecule has 1 aromatic heterocycles. The standard InChI is InChI=1S/C12H12F2N4O/c13-12(14)19-10-4-2-1-3-9(10)17-8-5-6-16-11(7-8)18-15/h1-7,12H,15H2,(H2,16,17,18). The third-order valence-corrected chi connectivity index (χ3v) is 2.29. The second kappa shape index (κ2) is 5.96. The van der Waals surface area contributed by atoms with Gasteiger partial charge in [-0.15, -0.1) is 0 Å². The summed E-state index contributed by atoms with van der Waals surface area (Å²) in [5, 5.41) is 2.96. The number of nitrogens with zero attached hydrogens (tertiary/aromatic N) is 1. The lowest BCUT2D eigenvalue weighted by Gasteiger charge is -2.12. The number of hydrazine groups is 1. The molecule has 0 amide bonds. The Morgan fingerprint density at radius 2 is 2.00 bits per heavy atom. The average Bonchev–Trinajstić information content (AvgIpc) is 2.41. The molecule has 19 heavy (non-hydrogen) atoms. The Labute approximate surface area is 108 Å². The zero-order valence-corrected chi connectivity index (χ0v) is 9.81. The molecule has 1 aromatic carbocycles. The quantitative estimate of drug-likeness (QED) is 0.573. The zero-order valence-electron chi connectivity index (χ0n) is 9.81. The number of anilines is 3. The maximum Gasteiger partial charge on any atom is 0.387 e. The fourth-order valence-electron chi connectivity index (χ4n) is 1.51. The number of benzene rings is 1. The predicted molar refractivity (Wildman–Crippen MR) is 68.4 cm³/mol. The van der Waals surface area contributed by atoms with Gasteiger partial charge in [-0.2, -0.15) is 8.78 Å². The van der Waals surface area contributed by atoms with Crippen LogP contribution >= 0.6 is 0 Å². The van der Waals surface area contributed by atoms with E-state index in [9.17, 15) is 8.78 Å². The highest BCUT2D eigenvalue weighted by Crippen LogP contribution is 2.28. The van der Waals surface area contributed by atoms with Crippen LogP contribution < -0.4 is 21.3 Å². The average molecular weight is 266 g/mol. The summed E-state index contributed by atoms with van der Waals surface area (Å²) in [6.45, 7) is -2.87. The Hall–Kier alpha value is -2.41. The smallest absolute Gasteiger partial charge is 0.387 e. The monoisotopic (exact) mass is 266 g/mol. The van der Waals surface area contributed by atoms with Gasteiger partial charge in [0.1, 0.15) is 11.6 Å². The molecule has 0 aliphatic rings. The zero-order chi connectivity index (χ0) is 13.7. The van der Waals surface area contributed by atoms with Crippen LogP contribution in [0.15, 0.2) is 42.6 Å². The van der Waals surface area contributed by atoms with Gasteiger partial charge in [0.25, 0.3) is 0 Å². The Morgan fingerprint density at radius 1 is 1.21 bits per heavy atom. The number of nitrogens with two attached hydrogens (primary N) is 1. The van der Waals surface area contributed by atoms with E-state index in [0.29, 0.717) is 17.2 Å². The van der Waals surface area contributed by atoms with Crippen LogP contribution in [-0.2, 0) is 0 Å². The fourth-order valence-corrected chi connectivity index (χ4v) is 1.51. The fraction of sp³-hybridized carbons (Fsp3) is 0.0833. The lowest BCUT2D eigenvalue weighted by Crippen LogP contribution is -2.08. The van der Waals surface area contributed by atoms with E-state index in [1.54, 1.807) is 30.3 Å². The Kier molecular flexibility index (Phi) is 4.09. The molecule has 2 aromatic rings. The van der Waals surface area contributed by atoms with Crippen molar-refractivity contribution in [2.24, 2.45) is 5.84 Å². The van der Waals surface area contributed by atoms with Gasteiger partial charge in [0.05, 0.1) is 5.69 Å². The van der Waals surface area contributed by atoms with Crippen LogP contribution in [0.5, 0.6) is 5.75 Å². The number of ether oxygens (including phenoxy) is 1. The largest absolute Gasteiger partial charge is 0.433 e. The minimum atomic E-state index is -2.87. The summed E-state index contributed by atoms with van der Waals surface area (Å²) >= 11 is 0. The number of para-hydroxylation sites is 2. The Morgan fingerprint density at radius 3 is 2.74 bits per heavy atom. The predicted octanol–water partition coefficient (Wildman–Crippen LogP) is 2.71. The Bertz CT molecular complexity index is 551. The molecule has 0 saturated heterocycles. The molecule has 0 unspecified atom stereocenters. The molecule has 5 nitrogen and oxygen atoms in total. The molecule has 0 fully saturated rings. The summed E-state index contributed by atoms with van der Waals surface area (Å²) in [5.74, 6) is 5.77. The lowest BCUT2D eigenvalue weighted by atomic mass is 10.2. The van der Waals surface area contributed by atoms with Crippen molar-refractivity contribution < 1.29 is 13.5 Å². The van der Waals surface area contributed by atoms with Crippen molar-refractivity contribution in [2.45, 2.75) is 6.61 Å².